The predicted molar refractivity (Wildman–Crippen MR) is 83.0 cm³/mol. The number of rotatable bonds is 5. The van der Waals surface area contributed by atoms with E-state index in [0.29, 0.717) is 16.4 Å². The van der Waals surface area contributed by atoms with Crippen LogP contribution >= 0.6 is 11.6 Å². The molecule has 2 amide bonds. The first-order valence-corrected chi connectivity index (χ1v) is 6.96. The lowest BCUT2D eigenvalue weighted by atomic mass is 10.2. The number of halogens is 1. The Morgan fingerprint density at radius 2 is 2.05 bits per heavy atom. The van der Waals surface area contributed by atoms with E-state index < -0.39 is 12.0 Å². The molecule has 7 heteroatoms. The number of amides is 2. The van der Waals surface area contributed by atoms with Gasteiger partial charge >= 0.3 is 0 Å². The SMILES string of the molecule is CC(O)CC(=O)Nc1cc(Cl)ccc1NC(=O)c1ccco1. The molecule has 1 aromatic heterocycles. The molecule has 3 N–H and O–H groups in total. The zero-order chi connectivity index (χ0) is 16.1. The summed E-state index contributed by atoms with van der Waals surface area (Å²) in [6.07, 6.45) is 0.570. The minimum Gasteiger partial charge on any atom is -0.459 e. The summed E-state index contributed by atoms with van der Waals surface area (Å²) in [4.78, 5) is 23.7. The van der Waals surface area contributed by atoms with E-state index in [2.05, 4.69) is 10.6 Å². The summed E-state index contributed by atoms with van der Waals surface area (Å²) in [6, 6.07) is 7.79. The van der Waals surface area contributed by atoms with E-state index in [1.165, 1.54) is 25.3 Å². The van der Waals surface area contributed by atoms with Crippen LogP contribution in [0.15, 0.2) is 41.0 Å². The molecular formula is C15H15ClN2O4. The highest BCUT2D eigenvalue weighted by Gasteiger charge is 2.14. The normalized spacial score (nSPS) is 11.8. The molecule has 6 nitrogen and oxygen atoms in total. The number of aliphatic hydroxyl groups excluding tert-OH is 1. The molecule has 1 unspecified atom stereocenters. The maximum absolute atomic E-state index is 12.0. The van der Waals surface area contributed by atoms with Crippen molar-refractivity contribution < 1.29 is 19.1 Å². The summed E-state index contributed by atoms with van der Waals surface area (Å²) in [5.74, 6) is -0.680. The lowest BCUT2D eigenvalue weighted by Crippen LogP contribution is -2.19. The van der Waals surface area contributed by atoms with Crippen molar-refractivity contribution in [2.24, 2.45) is 0 Å². The molecule has 0 aliphatic carbocycles. The Labute approximate surface area is 132 Å². The summed E-state index contributed by atoms with van der Waals surface area (Å²) in [6.45, 7) is 1.51. The first-order valence-electron chi connectivity index (χ1n) is 6.58. The standard InChI is InChI=1S/C15H15ClN2O4/c1-9(19)7-14(20)17-12-8-10(16)4-5-11(12)18-15(21)13-3-2-6-22-13/h2-6,8-9,19H,7H2,1H3,(H,17,20)(H,18,21). The highest BCUT2D eigenvalue weighted by atomic mass is 35.5. The predicted octanol–water partition coefficient (Wildman–Crippen LogP) is 2.89. The van der Waals surface area contributed by atoms with Gasteiger partial charge in [-0.3, -0.25) is 9.59 Å². The molecule has 0 aliphatic rings. The fourth-order valence-corrected chi connectivity index (χ4v) is 1.96. The van der Waals surface area contributed by atoms with Gasteiger partial charge in [-0.25, -0.2) is 0 Å². The highest BCUT2D eigenvalue weighted by Crippen LogP contribution is 2.26. The molecule has 2 rings (SSSR count). The number of hydrogen-bond donors (Lipinski definition) is 3. The molecule has 116 valence electrons. The molecule has 1 aromatic carbocycles. The molecule has 1 heterocycles. The van der Waals surface area contributed by atoms with Crippen molar-refractivity contribution >= 4 is 34.8 Å². The van der Waals surface area contributed by atoms with Gasteiger partial charge in [0.15, 0.2) is 5.76 Å². The Bertz CT molecular complexity index is 668. The first kappa shape index (κ1) is 16.1. The van der Waals surface area contributed by atoms with E-state index in [0.717, 1.165) is 0 Å². The highest BCUT2D eigenvalue weighted by molar-refractivity contribution is 6.31. The van der Waals surface area contributed by atoms with E-state index >= 15 is 0 Å². The Kier molecular flexibility index (Phi) is 5.19. The van der Waals surface area contributed by atoms with Gasteiger partial charge in [-0.15, -0.1) is 0 Å². The van der Waals surface area contributed by atoms with Gasteiger partial charge in [0.05, 0.1) is 30.2 Å². The van der Waals surface area contributed by atoms with E-state index in [1.807, 2.05) is 0 Å². The number of furan rings is 1. The van der Waals surface area contributed by atoms with Gasteiger partial charge in [0, 0.05) is 5.02 Å². The van der Waals surface area contributed by atoms with E-state index in [-0.39, 0.29) is 18.1 Å². The molecule has 2 aromatic rings. The third kappa shape index (κ3) is 4.34. The maximum atomic E-state index is 12.0. The molecule has 0 saturated heterocycles. The number of carbonyl (C=O) groups excluding carboxylic acids is 2. The number of nitrogens with one attached hydrogen (secondary N) is 2. The Hall–Kier alpha value is -2.31. The molecule has 1 atom stereocenters. The van der Waals surface area contributed by atoms with Crippen LogP contribution in [0.4, 0.5) is 11.4 Å². The number of hydrogen-bond acceptors (Lipinski definition) is 4. The number of aliphatic hydroxyl groups is 1. The monoisotopic (exact) mass is 322 g/mol. The Balaban J connectivity index is 2.17. The molecule has 0 saturated carbocycles. The fourth-order valence-electron chi connectivity index (χ4n) is 1.79. The molecule has 0 aliphatic heterocycles. The smallest absolute Gasteiger partial charge is 0.291 e. The molecule has 0 fully saturated rings. The van der Waals surface area contributed by atoms with E-state index in [4.69, 9.17) is 16.0 Å². The van der Waals surface area contributed by atoms with E-state index in [9.17, 15) is 14.7 Å². The van der Waals surface area contributed by atoms with Crippen LogP contribution < -0.4 is 10.6 Å². The third-order valence-corrected chi connectivity index (χ3v) is 2.96. The van der Waals surface area contributed by atoms with Crippen molar-refractivity contribution in [1.82, 2.24) is 0 Å². The van der Waals surface area contributed by atoms with Crippen LogP contribution in [-0.4, -0.2) is 23.0 Å². The van der Waals surface area contributed by atoms with Crippen LogP contribution in [0.3, 0.4) is 0 Å². The molecule has 0 bridgehead atoms. The van der Waals surface area contributed by atoms with Gasteiger partial charge in [0.2, 0.25) is 5.91 Å². The Morgan fingerprint density at radius 1 is 1.27 bits per heavy atom. The van der Waals surface area contributed by atoms with Crippen molar-refractivity contribution in [3.63, 3.8) is 0 Å². The number of benzene rings is 1. The second kappa shape index (κ2) is 7.11. The lowest BCUT2D eigenvalue weighted by molar-refractivity contribution is -0.117. The quantitative estimate of drug-likeness (QED) is 0.789. The summed E-state index contributed by atoms with van der Waals surface area (Å²) in [5.41, 5.74) is 0.725. The van der Waals surface area contributed by atoms with Crippen molar-refractivity contribution in [2.45, 2.75) is 19.4 Å². The second-order valence-electron chi connectivity index (χ2n) is 4.72. The summed E-state index contributed by atoms with van der Waals surface area (Å²) < 4.78 is 5.01. The van der Waals surface area contributed by atoms with Gasteiger partial charge in [-0.1, -0.05) is 11.6 Å². The van der Waals surface area contributed by atoms with Crippen LogP contribution in [0.2, 0.25) is 5.02 Å². The number of anilines is 2. The van der Waals surface area contributed by atoms with Gasteiger partial charge in [0.25, 0.3) is 5.91 Å². The third-order valence-electron chi connectivity index (χ3n) is 2.73. The summed E-state index contributed by atoms with van der Waals surface area (Å²) in [7, 11) is 0. The zero-order valence-corrected chi connectivity index (χ0v) is 12.6. The summed E-state index contributed by atoms with van der Waals surface area (Å²) >= 11 is 5.91. The van der Waals surface area contributed by atoms with Crippen molar-refractivity contribution in [3.8, 4) is 0 Å². The van der Waals surface area contributed by atoms with E-state index in [1.54, 1.807) is 18.2 Å². The van der Waals surface area contributed by atoms with Crippen molar-refractivity contribution in [1.29, 1.82) is 0 Å². The van der Waals surface area contributed by atoms with Crippen LogP contribution in [-0.2, 0) is 4.79 Å². The minimum absolute atomic E-state index is 0.0575. The molecule has 0 spiro atoms. The van der Waals surface area contributed by atoms with Crippen LogP contribution in [0.1, 0.15) is 23.9 Å². The average molecular weight is 323 g/mol. The topological polar surface area (TPSA) is 91.6 Å². The maximum Gasteiger partial charge on any atom is 0.291 e. The zero-order valence-electron chi connectivity index (χ0n) is 11.8. The van der Waals surface area contributed by atoms with Gasteiger partial charge < -0.3 is 20.2 Å². The summed E-state index contributed by atoms with van der Waals surface area (Å²) in [5, 5.41) is 14.9. The minimum atomic E-state index is -0.764. The molecule has 0 radical (unpaired) electrons. The van der Waals surface area contributed by atoms with Crippen LogP contribution in [0, 0.1) is 0 Å². The number of carbonyl (C=O) groups is 2. The first-order chi connectivity index (χ1) is 10.5. The van der Waals surface area contributed by atoms with Gasteiger partial charge in [-0.05, 0) is 37.3 Å². The largest absolute Gasteiger partial charge is 0.459 e. The van der Waals surface area contributed by atoms with Crippen molar-refractivity contribution in [2.75, 3.05) is 10.6 Å². The van der Waals surface area contributed by atoms with Crippen LogP contribution in [0.25, 0.3) is 0 Å². The second-order valence-corrected chi connectivity index (χ2v) is 5.16. The lowest BCUT2D eigenvalue weighted by Gasteiger charge is -2.13. The fraction of sp³-hybridized carbons (Fsp3) is 0.200. The van der Waals surface area contributed by atoms with Gasteiger partial charge in [-0.2, -0.15) is 0 Å². The average Bonchev–Trinajstić information content (AvgIpc) is 2.94. The van der Waals surface area contributed by atoms with Crippen LogP contribution in [0.5, 0.6) is 0 Å². The van der Waals surface area contributed by atoms with Gasteiger partial charge in [0.1, 0.15) is 0 Å². The van der Waals surface area contributed by atoms with Crippen molar-refractivity contribution in [3.05, 3.63) is 47.4 Å². The molecule has 22 heavy (non-hydrogen) atoms. The Morgan fingerprint density at radius 3 is 2.68 bits per heavy atom. The molecular weight excluding hydrogens is 308 g/mol.